The molecule has 0 fully saturated rings. The summed E-state index contributed by atoms with van der Waals surface area (Å²) in [5, 5.41) is 0. The van der Waals surface area contributed by atoms with Gasteiger partial charge in [0.15, 0.2) is 6.61 Å². The number of carbonyl (C=O) groups excluding carboxylic acids is 2. The molecule has 1 aromatic carbocycles. The number of hydrogen-bond acceptors (Lipinski definition) is 5. The van der Waals surface area contributed by atoms with Crippen molar-refractivity contribution in [3.63, 3.8) is 0 Å². The van der Waals surface area contributed by atoms with Crippen LogP contribution in [0.2, 0.25) is 0 Å². The second kappa shape index (κ2) is 9.05. The van der Waals surface area contributed by atoms with Crippen LogP contribution in [0.15, 0.2) is 53.1 Å². The molecule has 0 atom stereocenters. The van der Waals surface area contributed by atoms with Crippen molar-refractivity contribution in [1.29, 1.82) is 0 Å². The van der Waals surface area contributed by atoms with Crippen LogP contribution in [0.5, 0.6) is 5.88 Å². The summed E-state index contributed by atoms with van der Waals surface area (Å²) in [6.07, 6.45) is 1.53. The zero-order valence-corrected chi connectivity index (χ0v) is 18.0. The predicted octanol–water partition coefficient (Wildman–Crippen LogP) is 4.69. The lowest BCUT2D eigenvalue weighted by molar-refractivity contribution is 0.0470. The number of hydrogen-bond donors (Lipinski definition) is 0. The van der Waals surface area contributed by atoms with Crippen LogP contribution in [0, 0.1) is 13.8 Å². The lowest BCUT2D eigenvalue weighted by Gasteiger charge is -2.10. The van der Waals surface area contributed by atoms with Crippen LogP contribution in [0.1, 0.15) is 39.0 Å². The molecule has 6 nitrogen and oxygen atoms in total. The second-order valence-corrected chi connectivity index (χ2v) is 7.30. The third-order valence-electron chi connectivity index (χ3n) is 4.42. The number of ether oxygens (including phenoxy) is 2. The van der Waals surface area contributed by atoms with Crippen molar-refractivity contribution in [1.82, 2.24) is 9.55 Å². The van der Waals surface area contributed by atoms with Gasteiger partial charge >= 0.3 is 5.97 Å². The molecule has 0 saturated carbocycles. The fraction of sp³-hybridized carbons (Fsp3) is 0.227. The number of ketones is 1. The smallest absolute Gasteiger partial charge is 0.344 e. The summed E-state index contributed by atoms with van der Waals surface area (Å²) in [5.41, 5.74) is 3.39. The molecule has 0 saturated heterocycles. The Bertz CT molecular complexity index is 1040. The first-order chi connectivity index (χ1) is 13.9. The van der Waals surface area contributed by atoms with Crippen molar-refractivity contribution in [2.75, 3.05) is 13.2 Å². The van der Waals surface area contributed by atoms with Crippen molar-refractivity contribution in [3.05, 3.63) is 75.6 Å². The first kappa shape index (κ1) is 20.8. The molecule has 0 spiro atoms. The van der Waals surface area contributed by atoms with Gasteiger partial charge in [0.2, 0.25) is 11.7 Å². The molecule has 3 rings (SSSR count). The monoisotopic (exact) mass is 456 g/mol. The number of nitrogens with zero attached hydrogens (tertiary/aromatic N) is 2. The van der Waals surface area contributed by atoms with Crippen LogP contribution in [0.25, 0.3) is 5.69 Å². The number of Topliss-reactive ketones (excluding diaryl/α,β-unsaturated/α-hetero) is 1. The van der Waals surface area contributed by atoms with E-state index in [0.717, 1.165) is 21.5 Å². The lowest BCUT2D eigenvalue weighted by Crippen LogP contribution is -2.16. The molecule has 7 heteroatoms. The fourth-order valence-corrected chi connectivity index (χ4v) is 3.38. The summed E-state index contributed by atoms with van der Waals surface area (Å²) in [6, 6.07) is 12.8. The normalized spacial score (nSPS) is 10.6. The third-order valence-corrected chi connectivity index (χ3v) is 4.95. The molecule has 0 amide bonds. The van der Waals surface area contributed by atoms with E-state index in [4.69, 9.17) is 9.47 Å². The number of pyridine rings is 1. The van der Waals surface area contributed by atoms with Crippen LogP contribution in [-0.2, 0) is 4.74 Å². The molecule has 0 radical (unpaired) electrons. The lowest BCUT2D eigenvalue weighted by atomic mass is 10.1. The molecular weight excluding hydrogens is 436 g/mol. The topological polar surface area (TPSA) is 70.4 Å². The highest BCUT2D eigenvalue weighted by molar-refractivity contribution is 9.10. The summed E-state index contributed by atoms with van der Waals surface area (Å²) < 4.78 is 13.6. The Morgan fingerprint density at radius 1 is 1.10 bits per heavy atom. The van der Waals surface area contributed by atoms with Gasteiger partial charge in [-0.3, -0.25) is 4.79 Å². The summed E-state index contributed by atoms with van der Waals surface area (Å²) in [5.74, 6) is -0.714. The van der Waals surface area contributed by atoms with E-state index in [1.165, 1.54) is 6.20 Å². The summed E-state index contributed by atoms with van der Waals surface area (Å²) >= 11 is 3.43. The minimum absolute atomic E-state index is 0.195. The second-order valence-electron chi connectivity index (χ2n) is 6.39. The Hall–Kier alpha value is -2.93. The molecular formula is C22H21BrN2O4. The van der Waals surface area contributed by atoms with Gasteiger partial charge in [-0.1, -0.05) is 15.9 Å². The van der Waals surface area contributed by atoms with Crippen molar-refractivity contribution in [3.8, 4) is 11.6 Å². The molecule has 2 heterocycles. The SMILES string of the molecule is CCOc1ncccc1C(=O)OCC(=O)c1cc(C)n(-c2ccc(Br)cc2)c1C. The molecule has 29 heavy (non-hydrogen) atoms. The van der Waals surface area contributed by atoms with E-state index in [1.807, 2.05) is 48.7 Å². The average Bonchev–Trinajstić information content (AvgIpc) is 3.01. The minimum Gasteiger partial charge on any atom is -0.477 e. The minimum atomic E-state index is -0.642. The molecule has 0 N–H and O–H groups in total. The summed E-state index contributed by atoms with van der Waals surface area (Å²) in [6.45, 7) is 5.62. The molecule has 0 bridgehead atoms. The Morgan fingerprint density at radius 2 is 1.83 bits per heavy atom. The fourth-order valence-electron chi connectivity index (χ4n) is 3.12. The van der Waals surface area contributed by atoms with Gasteiger partial charge < -0.3 is 14.0 Å². The number of rotatable bonds is 7. The van der Waals surface area contributed by atoms with Gasteiger partial charge in [0.1, 0.15) is 5.56 Å². The van der Waals surface area contributed by atoms with Gasteiger partial charge in [0, 0.05) is 33.3 Å². The van der Waals surface area contributed by atoms with Crippen molar-refractivity contribution < 1.29 is 19.1 Å². The molecule has 150 valence electrons. The number of esters is 1. The van der Waals surface area contributed by atoms with Crippen LogP contribution >= 0.6 is 15.9 Å². The van der Waals surface area contributed by atoms with Crippen LogP contribution in [0.3, 0.4) is 0 Å². The zero-order chi connectivity index (χ0) is 21.0. The van der Waals surface area contributed by atoms with Crippen molar-refractivity contribution in [2.45, 2.75) is 20.8 Å². The van der Waals surface area contributed by atoms with E-state index >= 15 is 0 Å². The van der Waals surface area contributed by atoms with Gasteiger partial charge in [-0.05, 0) is 63.2 Å². The zero-order valence-electron chi connectivity index (χ0n) is 16.4. The van der Waals surface area contributed by atoms with E-state index < -0.39 is 5.97 Å². The molecule has 0 aliphatic carbocycles. The summed E-state index contributed by atoms with van der Waals surface area (Å²) in [4.78, 5) is 29.1. The highest BCUT2D eigenvalue weighted by Gasteiger charge is 2.20. The van der Waals surface area contributed by atoms with Crippen molar-refractivity contribution >= 4 is 27.7 Å². The van der Waals surface area contributed by atoms with Gasteiger partial charge in [-0.25, -0.2) is 9.78 Å². The molecule has 0 aliphatic heterocycles. The number of benzene rings is 1. The Balaban J connectivity index is 1.76. The predicted molar refractivity (Wildman–Crippen MR) is 113 cm³/mol. The highest BCUT2D eigenvalue weighted by atomic mass is 79.9. The Kier molecular flexibility index (Phi) is 6.49. The standard InChI is InChI=1S/C22H21BrN2O4/c1-4-28-21-18(6-5-11-24-21)22(27)29-13-20(26)19-12-14(2)25(15(19)3)17-9-7-16(23)8-10-17/h5-12H,4,13H2,1-3H3. The maximum Gasteiger partial charge on any atom is 0.344 e. The molecule has 0 aliphatic rings. The van der Waals surface area contributed by atoms with Crippen LogP contribution in [-0.4, -0.2) is 34.5 Å². The maximum atomic E-state index is 12.7. The van der Waals surface area contributed by atoms with Crippen molar-refractivity contribution in [2.24, 2.45) is 0 Å². The van der Waals surface area contributed by atoms with E-state index in [-0.39, 0.29) is 23.8 Å². The van der Waals surface area contributed by atoms with E-state index in [1.54, 1.807) is 19.1 Å². The quantitative estimate of drug-likeness (QED) is 0.380. The van der Waals surface area contributed by atoms with Gasteiger partial charge in [0.25, 0.3) is 0 Å². The maximum absolute atomic E-state index is 12.7. The van der Waals surface area contributed by atoms with E-state index in [2.05, 4.69) is 20.9 Å². The van der Waals surface area contributed by atoms with Crippen LogP contribution < -0.4 is 4.74 Å². The van der Waals surface area contributed by atoms with Crippen LogP contribution in [0.4, 0.5) is 0 Å². The summed E-state index contributed by atoms with van der Waals surface area (Å²) in [7, 11) is 0. The number of halogens is 1. The highest BCUT2D eigenvalue weighted by Crippen LogP contribution is 2.23. The Labute approximate surface area is 177 Å². The molecule has 3 aromatic rings. The first-order valence-electron chi connectivity index (χ1n) is 9.15. The van der Waals surface area contributed by atoms with E-state index in [0.29, 0.717) is 12.2 Å². The Morgan fingerprint density at radius 3 is 2.52 bits per heavy atom. The first-order valence-corrected chi connectivity index (χ1v) is 9.94. The number of aryl methyl sites for hydroxylation is 1. The molecule has 0 unspecified atom stereocenters. The average molecular weight is 457 g/mol. The largest absolute Gasteiger partial charge is 0.477 e. The number of carbonyl (C=O) groups is 2. The number of aromatic nitrogens is 2. The van der Waals surface area contributed by atoms with Gasteiger partial charge in [-0.2, -0.15) is 0 Å². The van der Waals surface area contributed by atoms with E-state index in [9.17, 15) is 9.59 Å². The molecule has 2 aromatic heterocycles. The van der Waals surface area contributed by atoms with Gasteiger partial charge in [0.05, 0.1) is 6.61 Å². The van der Waals surface area contributed by atoms with Gasteiger partial charge in [-0.15, -0.1) is 0 Å². The third kappa shape index (κ3) is 4.56.